The SMILES string of the molecule is COc1ccc(CNC(=O)NC(CN(C)C)c2ccccc2)cn1. The Hall–Kier alpha value is -2.60. The van der Waals surface area contributed by atoms with E-state index in [2.05, 4.69) is 15.6 Å². The molecule has 2 amide bonds. The predicted molar refractivity (Wildman–Crippen MR) is 93.9 cm³/mol. The Morgan fingerprint density at radius 3 is 2.54 bits per heavy atom. The molecule has 0 spiro atoms. The molecule has 0 aliphatic heterocycles. The summed E-state index contributed by atoms with van der Waals surface area (Å²) < 4.78 is 5.02. The number of rotatable bonds is 7. The van der Waals surface area contributed by atoms with Crippen molar-refractivity contribution in [3.63, 3.8) is 0 Å². The zero-order valence-electron chi connectivity index (χ0n) is 14.3. The quantitative estimate of drug-likeness (QED) is 0.818. The van der Waals surface area contributed by atoms with Crippen LogP contribution in [0.15, 0.2) is 48.7 Å². The van der Waals surface area contributed by atoms with Crippen LogP contribution in [0.5, 0.6) is 5.88 Å². The number of aromatic nitrogens is 1. The smallest absolute Gasteiger partial charge is 0.315 e. The van der Waals surface area contributed by atoms with Crippen LogP contribution in [0.3, 0.4) is 0 Å². The summed E-state index contributed by atoms with van der Waals surface area (Å²) in [6, 6.07) is 13.3. The van der Waals surface area contributed by atoms with Gasteiger partial charge in [0.05, 0.1) is 13.2 Å². The molecule has 1 heterocycles. The van der Waals surface area contributed by atoms with Gasteiger partial charge in [-0.25, -0.2) is 9.78 Å². The number of pyridine rings is 1. The van der Waals surface area contributed by atoms with E-state index in [0.717, 1.165) is 17.7 Å². The van der Waals surface area contributed by atoms with Crippen molar-refractivity contribution in [3.8, 4) is 5.88 Å². The van der Waals surface area contributed by atoms with Crippen molar-refractivity contribution in [2.24, 2.45) is 0 Å². The van der Waals surface area contributed by atoms with Gasteiger partial charge >= 0.3 is 6.03 Å². The molecule has 0 saturated carbocycles. The Bertz CT molecular complexity index is 629. The molecule has 0 aliphatic carbocycles. The number of hydrogen-bond donors (Lipinski definition) is 2. The van der Waals surface area contributed by atoms with Gasteiger partial charge in [-0.2, -0.15) is 0 Å². The van der Waals surface area contributed by atoms with Crippen LogP contribution in [0.2, 0.25) is 0 Å². The maximum atomic E-state index is 12.2. The summed E-state index contributed by atoms with van der Waals surface area (Å²) in [6.45, 7) is 1.13. The Labute approximate surface area is 142 Å². The van der Waals surface area contributed by atoms with Gasteiger partial charge in [-0.05, 0) is 25.2 Å². The molecule has 2 aromatic rings. The largest absolute Gasteiger partial charge is 0.481 e. The van der Waals surface area contributed by atoms with Crippen LogP contribution in [0, 0.1) is 0 Å². The van der Waals surface area contributed by atoms with Gasteiger partial charge in [0.15, 0.2) is 0 Å². The normalized spacial score (nSPS) is 11.8. The van der Waals surface area contributed by atoms with Crippen molar-refractivity contribution >= 4 is 6.03 Å². The molecule has 0 aliphatic rings. The summed E-state index contributed by atoms with van der Waals surface area (Å²) >= 11 is 0. The van der Waals surface area contributed by atoms with Crippen molar-refractivity contribution in [3.05, 3.63) is 59.8 Å². The van der Waals surface area contributed by atoms with Gasteiger partial charge in [0, 0.05) is 25.4 Å². The summed E-state index contributed by atoms with van der Waals surface area (Å²) in [4.78, 5) is 18.4. The predicted octanol–water partition coefficient (Wildman–Crippen LogP) is 2.19. The molecule has 24 heavy (non-hydrogen) atoms. The Balaban J connectivity index is 1.92. The summed E-state index contributed by atoms with van der Waals surface area (Å²) in [5.41, 5.74) is 1.99. The zero-order valence-corrected chi connectivity index (χ0v) is 14.3. The Morgan fingerprint density at radius 1 is 1.21 bits per heavy atom. The van der Waals surface area contributed by atoms with E-state index in [-0.39, 0.29) is 12.1 Å². The van der Waals surface area contributed by atoms with Gasteiger partial charge in [0.1, 0.15) is 0 Å². The van der Waals surface area contributed by atoms with E-state index in [1.54, 1.807) is 19.4 Å². The van der Waals surface area contributed by atoms with Crippen LogP contribution in [-0.2, 0) is 6.54 Å². The highest BCUT2D eigenvalue weighted by molar-refractivity contribution is 5.74. The first kappa shape index (κ1) is 17.7. The summed E-state index contributed by atoms with van der Waals surface area (Å²) in [6.07, 6.45) is 1.69. The molecule has 0 bridgehead atoms. The van der Waals surface area contributed by atoms with Crippen LogP contribution < -0.4 is 15.4 Å². The number of carbonyl (C=O) groups excluding carboxylic acids is 1. The molecule has 2 N–H and O–H groups in total. The fourth-order valence-electron chi connectivity index (χ4n) is 2.31. The van der Waals surface area contributed by atoms with Gasteiger partial charge in [0.2, 0.25) is 5.88 Å². The molecule has 0 fully saturated rings. The highest BCUT2D eigenvalue weighted by atomic mass is 16.5. The van der Waals surface area contributed by atoms with E-state index in [0.29, 0.717) is 12.4 Å². The molecular formula is C18H24N4O2. The van der Waals surface area contributed by atoms with Crippen molar-refractivity contribution in [1.82, 2.24) is 20.5 Å². The van der Waals surface area contributed by atoms with Crippen molar-refractivity contribution in [1.29, 1.82) is 0 Å². The first-order valence-electron chi connectivity index (χ1n) is 7.81. The second kappa shape index (κ2) is 8.88. The number of hydrogen-bond acceptors (Lipinski definition) is 4. The van der Waals surface area contributed by atoms with Crippen LogP contribution in [-0.4, -0.2) is 43.7 Å². The van der Waals surface area contributed by atoms with Crippen LogP contribution in [0.25, 0.3) is 0 Å². The second-order valence-electron chi connectivity index (χ2n) is 5.76. The van der Waals surface area contributed by atoms with Crippen LogP contribution >= 0.6 is 0 Å². The van der Waals surface area contributed by atoms with Crippen molar-refractivity contribution in [2.75, 3.05) is 27.7 Å². The summed E-state index contributed by atoms with van der Waals surface area (Å²) in [5, 5.41) is 5.88. The van der Waals surface area contributed by atoms with E-state index >= 15 is 0 Å². The molecule has 6 heteroatoms. The van der Waals surface area contributed by atoms with Crippen molar-refractivity contribution in [2.45, 2.75) is 12.6 Å². The van der Waals surface area contributed by atoms with E-state index in [4.69, 9.17) is 4.74 Å². The average molecular weight is 328 g/mol. The number of nitrogens with zero attached hydrogens (tertiary/aromatic N) is 2. The van der Waals surface area contributed by atoms with E-state index in [9.17, 15) is 4.79 Å². The number of urea groups is 1. The molecule has 0 radical (unpaired) electrons. The maximum absolute atomic E-state index is 12.2. The Morgan fingerprint density at radius 2 is 1.96 bits per heavy atom. The minimum absolute atomic E-state index is 0.0739. The molecule has 1 unspecified atom stereocenters. The number of likely N-dealkylation sites (N-methyl/N-ethyl adjacent to an activating group) is 1. The third-order valence-electron chi connectivity index (χ3n) is 3.51. The number of amides is 2. The Kier molecular flexibility index (Phi) is 6.57. The lowest BCUT2D eigenvalue weighted by Crippen LogP contribution is -2.41. The van der Waals surface area contributed by atoms with Gasteiger partial charge in [-0.1, -0.05) is 36.4 Å². The number of ether oxygens (including phenoxy) is 1. The minimum Gasteiger partial charge on any atom is -0.481 e. The minimum atomic E-state index is -0.207. The van der Waals surface area contributed by atoms with E-state index in [1.807, 2.05) is 55.4 Å². The highest BCUT2D eigenvalue weighted by Crippen LogP contribution is 2.13. The maximum Gasteiger partial charge on any atom is 0.315 e. The van der Waals surface area contributed by atoms with Crippen LogP contribution in [0.1, 0.15) is 17.2 Å². The average Bonchev–Trinajstić information content (AvgIpc) is 2.60. The molecule has 6 nitrogen and oxygen atoms in total. The molecule has 1 atom stereocenters. The fraction of sp³-hybridized carbons (Fsp3) is 0.333. The number of benzene rings is 1. The van der Waals surface area contributed by atoms with E-state index < -0.39 is 0 Å². The zero-order chi connectivity index (χ0) is 17.4. The number of nitrogens with one attached hydrogen (secondary N) is 2. The lowest BCUT2D eigenvalue weighted by molar-refractivity contribution is 0.232. The van der Waals surface area contributed by atoms with E-state index in [1.165, 1.54) is 0 Å². The molecule has 128 valence electrons. The van der Waals surface area contributed by atoms with Gasteiger partial charge < -0.3 is 20.3 Å². The highest BCUT2D eigenvalue weighted by Gasteiger charge is 2.15. The number of carbonyl (C=O) groups is 1. The topological polar surface area (TPSA) is 66.5 Å². The molecule has 2 rings (SSSR count). The van der Waals surface area contributed by atoms with Gasteiger partial charge in [0.25, 0.3) is 0 Å². The summed E-state index contributed by atoms with van der Waals surface area (Å²) in [5.74, 6) is 0.554. The molecule has 1 aromatic heterocycles. The van der Waals surface area contributed by atoms with Gasteiger partial charge in [-0.15, -0.1) is 0 Å². The lowest BCUT2D eigenvalue weighted by atomic mass is 10.1. The van der Waals surface area contributed by atoms with Crippen molar-refractivity contribution < 1.29 is 9.53 Å². The third kappa shape index (κ3) is 5.55. The number of methoxy groups -OCH3 is 1. The molecular weight excluding hydrogens is 304 g/mol. The second-order valence-corrected chi connectivity index (χ2v) is 5.76. The summed E-state index contributed by atoms with van der Waals surface area (Å²) in [7, 11) is 5.54. The van der Waals surface area contributed by atoms with Crippen LogP contribution in [0.4, 0.5) is 4.79 Å². The molecule has 1 aromatic carbocycles. The van der Waals surface area contributed by atoms with Gasteiger partial charge in [-0.3, -0.25) is 0 Å². The fourth-order valence-corrected chi connectivity index (χ4v) is 2.31. The lowest BCUT2D eigenvalue weighted by Gasteiger charge is -2.23. The standard InChI is InChI=1S/C18H24N4O2/c1-22(2)13-16(15-7-5-4-6-8-15)21-18(23)20-12-14-9-10-17(24-3)19-11-14/h4-11,16H,12-13H2,1-3H3,(H2,20,21,23). The monoisotopic (exact) mass is 328 g/mol. The first-order valence-corrected chi connectivity index (χ1v) is 7.81. The molecule has 0 saturated heterocycles. The first-order chi connectivity index (χ1) is 11.6. The third-order valence-corrected chi connectivity index (χ3v) is 3.51.